The van der Waals surface area contributed by atoms with Crippen molar-refractivity contribution < 1.29 is 15.3 Å². The predicted molar refractivity (Wildman–Crippen MR) is 124 cm³/mol. The highest BCUT2D eigenvalue weighted by Gasteiger charge is 2.69. The topological polar surface area (TPSA) is 73.1 Å². The molecule has 0 amide bonds. The molecule has 168 valence electrons. The van der Waals surface area contributed by atoms with Crippen LogP contribution in [0, 0.1) is 28.6 Å². The Balaban J connectivity index is 1.43. The molecule has 5 aliphatic rings. The van der Waals surface area contributed by atoms with Crippen molar-refractivity contribution in [2.45, 2.75) is 88.2 Å². The number of aliphatic hydroxyl groups is 2. The Bertz CT molecular complexity index is 918. The third-order valence-electron chi connectivity index (χ3n) is 10.4. The number of phenolic OH excluding ortho intramolecular Hbond substituents is 1. The number of thioether (sulfide) groups is 1. The van der Waals surface area contributed by atoms with Crippen LogP contribution in [0.3, 0.4) is 0 Å². The average molecular weight is 442 g/mol. The SMILES string of the molecule is C[C@]12CC[C@H]3[C@@H](C[C@@H]4N=C(c5ccc(O)cc5)S[C@@]45C[C@H](O)CC[C@]35C)[C@@H]1CC[C@@H]2O. The first-order valence-electron chi connectivity index (χ1n) is 12.2. The standard InChI is InChI=1S/C26H35NO3S/c1-24-11-10-20-18(19(24)7-8-22(24)30)13-21-26(14-17(29)9-12-25(20,26)2)31-23(27-21)15-3-5-16(28)6-4-15/h3-6,17-22,28-30H,7-14H2,1-2H3/t17-,18+,19+,20+,21+,22+,24+,25-,26+/m1/s1. The number of phenols is 1. The highest BCUT2D eigenvalue weighted by atomic mass is 32.2. The molecule has 1 spiro atoms. The molecule has 1 heterocycles. The van der Waals surface area contributed by atoms with Gasteiger partial charge in [0.25, 0.3) is 0 Å². The zero-order chi connectivity index (χ0) is 21.6. The van der Waals surface area contributed by atoms with Crippen LogP contribution in [0.2, 0.25) is 0 Å². The van der Waals surface area contributed by atoms with Crippen LogP contribution in [-0.2, 0) is 0 Å². The summed E-state index contributed by atoms with van der Waals surface area (Å²) in [5, 5.41) is 32.4. The molecule has 5 heteroatoms. The van der Waals surface area contributed by atoms with Crippen LogP contribution in [0.5, 0.6) is 5.75 Å². The van der Waals surface area contributed by atoms with Gasteiger partial charge in [0, 0.05) is 5.56 Å². The molecule has 1 aliphatic heterocycles. The molecule has 4 aliphatic carbocycles. The van der Waals surface area contributed by atoms with Crippen molar-refractivity contribution in [1.82, 2.24) is 0 Å². The van der Waals surface area contributed by atoms with E-state index in [0.717, 1.165) is 55.6 Å². The Morgan fingerprint density at radius 2 is 1.74 bits per heavy atom. The first-order chi connectivity index (χ1) is 14.8. The number of hydrogen-bond acceptors (Lipinski definition) is 5. The molecule has 9 atom stereocenters. The van der Waals surface area contributed by atoms with E-state index in [1.165, 1.54) is 6.42 Å². The van der Waals surface area contributed by atoms with Crippen LogP contribution in [0.4, 0.5) is 0 Å². The molecular formula is C26H35NO3S. The second-order valence-corrected chi connectivity index (χ2v) is 12.9. The Morgan fingerprint density at radius 1 is 0.968 bits per heavy atom. The minimum absolute atomic E-state index is 0.0377. The molecule has 1 aromatic rings. The summed E-state index contributed by atoms with van der Waals surface area (Å²) in [6.07, 6.45) is 7.94. The molecule has 0 unspecified atom stereocenters. The number of benzene rings is 1. The van der Waals surface area contributed by atoms with Crippen molar-refractivity contribution in [3.05, 3.63) is 29.8 Å². The van der Waals surface area contributed by atoms with Gasteiger partial charge in [-0.1, -0.05) is 25.6 Å². The van der Waals surface area contributed by atoms with Gasteiger partial charge in [-0.05, 0) is 104 Å². The maximum Gasteiger partial charge on any atom is 0.115 e. The average Bonchev–Trinajstić information content (AvgIpc) is 3.25. The van der Waals surface area contributed by atoms with Gasteiger partial charge >= 0.3 is 0 Å². The summed E-state index contributed by atoms with van der Waals surface area (Å²) < 4.78 is -0.0377. The molecular weight excluding hydrogens is 406 g/mol. The third kappa shape index (κ3) is 2.66. The number of rotatable bonds is 1. The summed E-state index contributed by atoms with van der Waals surface area (Å²) in [5.74, 6) is 2.16. The van der Waals surface area contributed by atoms with E-state index in [4.69, 9.17) is 4.99 Å². The van der Waals surface area contributed by atoms with E-state index in [1.807, 2.05) is 23.9 Å². The first-order valence-corrected chi connectivity index (χ1v) is 13.0. The van der Waals surface area contributed by atoms with Crippen LogP contribution in [0.1, 0.15) is 70.8 Å². The molecule has 3 N–H and O–H groups in total. The summed E-state index contributed by atoms with van der Waals surface area (Å²) in [7, 11) is 0. The molecule has 31 heavy (non-hydrogen) atoms. The second-order valence-electron chi connectivity index (χ2n) is 11.6. The van der Waals surface area contributed by atoms with E-state index in [1.54, 1.807) is 12.1 Å². The largest absolute Gasteiger partial charge is 0.508 e. The summed E-state index contributed by atoms with van der Waals surface area (Å²) in [6, 6.07) is 7.67. The lowest BCUT2D eigenvalue weighted by Gasteiger charge is -2.65. The van der Waals surface area contributed by atoms with E-state index in [2.05, 4.69) is 13.8 Å². The van der Waals surface area contributed by atoms with Crippen molar-refractivity contribution in [2.75, 3.05) is 0 Å². The number of aromatic hydroxyl groups is 1. The van der Waals surface area contributed by atoms with E-state index < -0.39 is 0 Å². The Kier molecular flexibility index (Phi) is 4.47. The van der Waals surface area contributed by atoms with Gasteiger partial charge in [0.15, 0.2) is 0 Å². The minimum atomic E-state index is -0.240. The third-order valence-corrected chi connectivity index (χ3v) is 12.2. The van der Waals surface area contributed by atoms with Crippen LogP contribution in [0.25, 0.3) is 0 Å². The Labute approximate surface area is 189 Å². The molecule has 0 saturated heterocycles. The lowest BCUT2D eigenvalue weighted by atomic mass is 9.43. The van der Waals surface area contributed by atoms with Crippen molar-refractivity contribution in [3.63, 3.8) is 0 Å². The van der Waals surface area contributed by atoms with Gasteiger partial charge in [0.05, 0.1) is 28.0 Å². The molecule has 0 aromatic heterocycles. The zero-order valence-electron chi connectivity index (χ0n) is 18.6. The summed E-state index contributed by atoms with van der Waals surface area (Å²) >= 11 is 1.93. The summed E-state index contributed by atoms with van der Waals surface area (Å²) in [4.78, 5) is 5.34. The van der Waals surface area contributed by atoms with Crippen LogP contribution in [0.15, 0.2) is 29.3 Å². The van der Waals surface area contributed by atoms with Gasteiger partial charge in [-0.25, -0.2) is 0 Å². The quantitative estimate of drug-likeness (QED) is 0.588. The van der Waals surface area contributed by atoms with Crippen LogP contribution in [-0.4, -0.2) is 43.4 Å². The fourth-order valence-electron chi connectivity index (χ4n) is 8.67. The highest BCUT2D eigenvalue weighted by Crippen LogP contribution is 2.72. The van der Waals surface area contributed by atoms with Gasteiger partial charge in [0.2, 0.25) is 0 Å². The van der Waals surface area contributed by atoms with Gasteiger partial charge in [-0.2, -0.15) is 0 Å². The van der Waals surface area contributed by atoms with E-state index in [-0.39, 0.29) is 39.6 Å². The van der Waals surface area contributed by atoms with E-state index >= 15 is 0 Å². The Hall–Kier alpha value is -1.04. The molecule has 1 aromatic carbocycles. The van der Waals surface area contributed by atoms with Crippen molar-refractivity contribution in [2.24, 2.45) is 33.6 Å². The van der Waals surface area contributed by atoms with Gasteiger partial charge in [-0.3, -0.25) is 4.99 Å². The normalized spacial score (nSPS) is 50.8. The summed E-state index contributed by atoms with van der Waals surface area (Å²) in [5.41, 5.74) is 1.31. The number of fused-ring (bicyclic) bond motifs is 4. The van der Waals surface area contributed by atoms with E-state index in [0.29, 0.717) is 17.8 Å². The first kappa shape index (κ1) is 20.6. The molecule has 4 saturated carbocycles. The monoisotopic (exact) mass is 441 g/mol. The maximum absolute atomic E-state index is 10.8. The van der Waals surface area contributed by atoms with E-state index in [9.17, 15) is 15.3 Å². The number of aliphatic imine (C=N–C) groups is 1. The minimum Gasteiger partial charge on any atom is -0.508 e. The second kappa shape index (κ2) is 6.74. The van der Waals surface area contributed by atoms with Crippen molar-refractivity contribution in [3.8, 4) is 5.75 Å². The summed E-state index contributed by atoms with van der Waals surface area (Å²) in [6.45, 7) is 4.86. The van der Waals surface area contributed by atoms with Crippen LogP contribution >= 0.6 is 11.8 Å². The molecule has 6 rings (SSSR count). The molecule has 4 nitrogen and oxygen atoms in total. The van der Waals surface area contributed by atoms with Crippen LogP contribution < -0.4 is 0 Å². The lowest BCUT2D eigenvalue weighted by Crippen LogP contribution is -2.65. The van der Waals surface area contributed by atoms with Gasteiger partial charge in [-0.15, -0.1) is 0 Å². The fraction of sp³-hybridized carbons (Fsp3) is 0.731. The number of aliphatic hydroxyl groups excluding tert-OH is 2. The number of nitrogens with zero attached hydrogens (tertiary/aromatic N) is 1. The predicted octanol–water partition coefficient (Wildman–Crippen LogP) is 4.75. The molecule has 0 bridgehead atoms. The maximum atomic E-state index is 10.8. The van der Waals surface area contributed by atoms with Gasteiger partial charge in [0.1, 0.15) is 5.75 Å². The smallest absolute Gasteiger partial charge is 0.115 e. The Morgan fingerprint density at radius 3 is 2.52 bits per heavy atom. The molecule has 4 fully saturated rings. The van der Waals surface area contributed by atoms with Crippen molar-refractivity contribution >= 4 is 16.8 Å². The van der Waals surface area contributed by atoms with Crippen molar-refractivity contribution in [1.29, 1.82) is 0 Å². The lowest BCUT2D eigenvalue weighted by molar-refractivity contribution is -0.126. The zero-order valence-corrected chi connectivity index (χ0v) is 19.4. The fourth-order valence-corrected chi connectivity index (χ4v) is 10.5. The molecule has 0 radical (unpaired) electrons. The van der Waals surface area contributed by atoms with Gasteiger partial charge < -0.3 is 15.3 Å². The highest BCUT2D eigenvalue weighted by molar-refractivity contribution is 8.16. The number of hydrogen-bond donors (Lipinski definition) is 3.